The first kappa shape index (κ1) is 12.6. The number of hydrogen-bond donors (Lipinski definition) is 3. The molecule has 18 heavy (non-hydrogen) atoms. The van der Waals surface area contributed by atoms with Crippen LogP contribution in [-0.4, -0.2) is 40.6 Å². The van der Waals surface area contributed by atoms with E-state index >= 15 is 0 Å². The summed E-state index contributed by atoms with van der Waals surface area (Å²) in [6, 6.07) is 7.06. The molecule has 5 nitrogen and oxygen atoms in total. The van der Waals surface area contributed by atoms with Gasteiger partial charge in [0, 0.05) is 30.7 Å². The number of nitrogens with zero attached hydrogens (tertiary/aromatic N) is 1. The molecule has 0 aliphatic rings. The van der Waals surface area contributed by atoms with Gasteiger partial charge in [0.05, 0.1) is 6.61 Å². The Morgan fingerprint density at radius 2 is 2.22 bits per heavy atom. The molecule has 1 atom stereocenters. The lowest BCUT2D eigenvalue weighted by molar-refractivity contribution is -0.132. The van der Waals surface area contributed by atoms with Crippen molar-refractivity contribution in [2.75, 3.05) is 13.7 Å². The van der Waals surface area contributed by atoms with Crippen LogP contribution in [0.15, 0.2) is 30.5 Å². The Hall–Kier alpha value is -1.85. The van der Waals surface area contributed by atoms with Gasteiger partial charge in [0.15, 0.2) is 0 Å². The highest BCUT2D eigenvalue weighted by atomic mass is 16.3. The van der Waals surface area contributed by atoms with Gasteiger partial charge < -0.3 is 20.7 Å². The van der Waals surface area contributed by atoms with Crippen molar-refractivity contribution in [3.8, 4) is 0 Å². The number of rotatable bonds is 4. The number of fused-ring (bicyclic) bond motifs is 1. The Morgan fingerprint density at radius 1 is 1.50 bits per heavy atom. The predicted molar refractivity (Wildman–Crippen MR) is 69.8 cm³/mol. The van der Waals surface area contributed by atoms with Gasteiger partial charge in [0.25, 0.3) is 0 Å². The second kappa shape index (κ2) is 5.20. The summed E-state index contributed by atoms with van der Waals surface area (Å²) in [7, 11) is 1.68. The van der Waals surface area contributed by atoms with Gasteiger partial charge in [-0.15, -0.1) is 0 Å². The van der Waals surface area contributed by atoms with E-state index in [0.29, 0.717) is 6.54 Å². The Morgan fingerprint density at radius 3 is 2.94 bits per heavy atom. The zero-order chi connectivity index (χ0) is 13.1. The van der Waals surface area contributed by atoms with E-state index in [1.165, 1.54) is 4.90 Å². The molecule has 0 saturated heterocycles. The second-order valence-corrected chi connectivity index (χ2v) is 4.34. The third-order valence-corrected chi connectivity index (χ3v) is 2.97. The standard InChI is InChI=1S/C13H17N3O2/c1-16(13(18)11(14)8-17)7-9-6-15-12-5-3-2-4-10(9)12/h2-6,11,15,17H,7-8,14H2,1H3. The number of likely N-dealkylation sites (N-methyl/N-ethyl adjacent to an activating group) is 1. The number of H-pyrrole nitrogens is 1. The van der Waals surface area contributed by atoms with Crippen LogP contribution in [0.1, 0.15) is 5.56 Å². The quantitative estimate of drug-likeness (QED) is 0.733. The molecule has 0 bridgehead atoms. The van der Waals surface area contributed by atoms with Crippen molar-refractivity contribution in [3.05, 3.63) is 36.0 Å². The first-order valence-corrected chi connectivity index (χ1v) is 5.80. The van der Waals surface area contributed by atoms with Crippen molar-refractivity contribution < 1.29 is 9.90 Å². The number of nitrogens with one attached hydrogen (secondary N) is 1. The molecule has 5 heteroatoms. The van der Waals surface area contributed by atoms with Crippen LogP contribution in [0, 0.1) is 0 Å². The molecule has 0 fully saturated rings. The largest absolute Gasteiger partial charge is 0.394 e. The molecule has 1 unspecified atom stereocenters. The number of amides is 1. The van der Waals surface area contributed by atoms with E-state index < -0.39 is 6.04 Å². The fourth-order valence-corrected chi connectivity index (χ4v) is 1.96. The van der Waals surface area contributed by atoms with Crippen molar-refractivity contribution in [2.45, 2.75) is 12.6 Å². The molecule has 1 amide bonds. The van der Waals surface area contributed by atoms with Gasteiger partial charge in [-0.2, -0.15) is 0 Å². The average Bonchev–Trinajstić information content (AvgIpc) is 2.80. The van der Waals surface area contributed by atoms with Gasteiger partial charge >= 0.3 is 0 Å². The van der Waals surface area contributed by atoms with E-state index in [2.05, 4.69) is 4.98 Å². The summed E-state index contributed by atoms with van der Waals surface area (Å²) in [6.07, 6.45) is 1.89. The van der Waals surface area contributed by atoms with Crippen LogP contribution in [0.4, 0.5) is 0 Å². The lowest BCUT2D eigenvalue weighted by atomic mass is 10.1. The molecule has 1 aromatic heterocycles. The number of aliphatic hydroxyl groups is 1. The summed E-state index contributed by atoms with van der Waals surface area (Å²) in [5.41, 5.74) is 7.59. The number of aromatic amines is 1. The summed E-state index contributed by atoms with van der Waals surface area (Å²) in [5.74, 6) is -0.261. The van der Waals surface area contributed by atoms with Crippen molar-refractivity contribution >= 4 is 16.8 Å². The Balaban J connectivity index is 2.16. The number of benzene rings is 1. The second-order valence-electron chi connectivity index (χ2n) is 4.34. The first-order valence-electron chi connectivity index (χ1n) is 5.80. The van der Waals surface area contributed by atoms with Gasteiger partial charge in [-0.05, 0) is 11.6 Å². The molecule has 1 heterocycles. The molecule has 2 rings (SSSR count). The summed E-state index contributed by atoms with van der Waals surface area (Å²) >= 11 is 0. The number of hydrogen-bond acceptors (Lipinski definition) is 3. The lowest BCUT2D eigenvalue weighted by Crippen LogP contribution is -2.43. The Kier molecular flexibility index (Phi) is 3.64. The van der Waals surface area contributed by atoms with E-state index in [1.54, 1.807) is 7.05 Å². The van der Waals surface area contributed by atoms with E-state index in [-0.39, 0.29) is 12.5 Å². The number of para-hydroxylation sites is 1. The maximum Gasteiger partial charge on any atom is 0.241 e. The third-order valence-electron chi connectivity index (χ3n) is 2.97. The van der Waals surface area contributed by atoms with Crippen LogP contribution in [0.2, 0.25) is 0 Å². The fraction of sp³-hybridized carbons (Fsp3) is 0.308. The highest BCUT2D eigenvalue weighted by molar-refractivity contribution is 5.85. The van der Waals surface area contributed by atoms with Gasteiger partial charge in [-0.1, -0.05) is 18.2 Å². The smallest absolute Gasteiger partial charge is 0.241 e. The van der Waals surface area contributed by atoms with Crippen molar-refractivity contribution in [3.63, 3.8) is 0 Å². The number of aliphatic hydroxyl groups excluding tert-OH is 1. The number of aromatic nitrogens is 1. The van der Waals surface area contributed by atoms with Crippen LogP contribution in [-0.2, 0) is 11.3 Å². The van der Waals surface area contributed by atoms with Gasteiger partial charge in [0.1, 0.15) is 6.04 Å². The maximum absolute atomic E-state index is 11.8. The zero-order valence-corrected chi connectivity index (χ0v) is 10.3. The number of nitrogens with two attached hydrogens (primary N) is 1. The van der Waals surface area contributed by atoms with Crippen molar-refractivity contribution in [2.24, 2.45) is 5.73 Å². The average molecular weight is 247 g/mol. The minimum atomic E-state index is -0.847. The SMILES string of the molecule is CN(Cc1c[nH]c2ccccc12)C(=O)C(N)CO. The molecule has 0 radical (unpaired) electrons. The molecular weight excluding hydrogens is 230 g/mol. The summed E-state index contributed by atoms with van der Waals surface area (Å²) < 4.78 is 0. The summed E-state index contributed by atoms with van der Waals surface area (Å²) in [6.45, 7) is 0.133. The Labute approximate surface area is 105 Å². The minimum absolute atomic E-state index is 0.261. The molecule has 0 aliphatic heterocycles. The molecule has 0 saturated carbocycles. The molecule has 4 N–H and O–H groups in total. The van der Waals surface area contributed by atoms with Crippen LogP contribution < -0.4 is 5.73 Å². The van der Waals surface area contributed by atoms with Gasteiger partial charge in [-0.25, -0.2) is 0 Å². The van der Waals surface area contributed by atoms with Crippen LogP contribution >= 0.6 is 0 Å². The van der Waals surface area contributed by atoms with Crippen molar-refractivity contribution in [1.82, 2.24) is 9.88 Å². The van der Waals surface area contributed by atoms with Crippen LogP contribution in [0.3, 0.4) is 0 Å². The monoisotopic (exact) mass is 247 g/mol. The normalized spacial score (nSPS) is 12.6. The fourth-order valence-electron chi connectivity index (χ4n) is 1.96. The lowest BCUT2D eigenvalue weighted by Gasteiger charge is -2.19. The van der Waals surface area contributed by atoms with Gasteiger partial charge in [0.2, 0.25) is 5.91 Å². The first-order chi connectivity index (χ1) is 8.63. The number of carbonyl (C=O) groups is 1. The molecule has 0 aliphatic carbocycles. The summed E-state index contributed by atoms with van der Waals surface area (Å²) in [5, 5.41) is 9.97. The predicted octanol–water partition coefficient (Wildman–Crippen LogP) is 0.446. The van der Waals surface area contributed by atoms with Gasteiger partial charge in [-0.3, -0.25) is 4.79 Å². The molecular formula is C13H17N3O2. The zero-order valence-electron chi connectivity index (χ0n) is 10.3. The minimum Gasteiger partial charge on any atom is -0.394 e. The number of carbonyl (C=O) groups excluding carboxylic acids is 1. The van der Waals surface area contributed by atoms with E-state index in [0.717, 1.165) is 16.5 Å². The molecule has 96 valence electrons. The Bertz CT molecular complexity index is 550. The molecule has 1 aromatic carbocycles. The van der Waals surface area contributed by atoms with E-state index in [4.69, 9.17) is 10.8 Å². The van der Waals surface area contributed by atoms with E-state index in [1.807, 2.05) is 30.5 Å². The highest BCUT2D eigenvalue weighted by Crippen LogP contribution is 2.18. The maximum atomic E-state index is 11.8. The molecule has 0 spiro atoms. The van der Waals surface area contributed by atoms with Crippen molar-refractivity contribution in [1.29, 1.82) is 0 Å². The summed E-state index contributed by atoms with van der Waals surface area (Å²) in [4.78, 5) is 16.4. The molecule has 2 aromatic rings. The third kappa shape index (κ3) is 2.37. The van der Waals surface area contributed by atoms with Crippen LogP contribution in [0.5, 0.6) is 0 Å². The highest BCUT2D eigenvalue weighted by Gasteiger charge is 2.18. The van der Waals surface area contributed by atoms with E-state index in [9.17, 15) is 4.79 Å². The topological polar surface area (TPSA) is 82.4 Å². The van der Waals surface area contributed by atoms with Crippen LogP contribution in [0.25, 0.3) is 10.9 Å².